The maximum absolute atomic E-state index is 12.7. The van der Waals surface area contributed by atoms with Gasteiger partial charge in [-0.05, 0) is 59.8 Å². The van der Waals surface area contributed by atoms with E-state index in [9.17, 15) is 13.2 Å². The van der Waals surface area contributed by atoms with Gasteiger partial charge in [0.2, 0.25) is 0 Å². The minimum atomic E-state index is -3.95. The quantitative estimate of drug-likeness (QED) is 0.392. The molecule has 0 atom stereocenters. The number of hydrogen-bond acceptors (Lipinski definition) is 4. The van der Waals surface area contributed by atoms with Crippen molar-refractivity contribution in [2.75, 3.05) is 6.54 Å². The summed E-state index contributed by atoms with van der Waals surface area (Å²) in [5.41, 5.74) is 0.828. The Morgan fingerprint density at radius 3 is 2.18 bits per heavy atom. The van der Waals surface area contributed by atoms with Gasteiger partial charge < -0.3 is 0 Å². The third-order valence-corrected chi connectivity index (χ3v) is 7.14. The number of halogens is 2. The summed E-state index contributed by atoms with van der Waals surface area (Å²) in [6, 6.07) is 13.6. The summed E-state index contributed by atoms with van der Waals surface area (Å²) in [4.78, 5) is 14.5. The van der Waals surface area contributed by atoms with E-state index in [0.29, 0.717) is 4.91 Å². The van der Waals surface area contributed by atoms with Crippen LogP contribution in [0.25, 0.3) is 6.08 Å². The molecule has 28 heavy (non-hydrogen) atoms. The Labute approximate surface area is 184 Å². The van der Waals surface area contributed by atoms with E-state index < -0.39 is 10.0 Å². The number of carbonyl (C=O) groups excluding carboxylic acids is 1. The molecule has 2 aromatic carbocycles. The molecule has 1 saturated heterocycles. The van der Waals surface area contributed by atoms with Crippen LogP contribution in [0.1, 0.15) is 5.56 Å². The second kappa shape index (κ2) is 8.77. The fraction of sp³-hybridized carbons (Fsp3) is 0.0526. The molecule has 1 fully saturated rings. The standard InChI is InChI=1S/C19H14Br2N2O3S2/c1-2-11-23-18(24)17(12-13-3-5-14(20)6-4-13)27-19(23)22-28(25,26)16-9-7-15(21)8-10-16/h2-10,12H,1,11H2. The first kappa shape index (κ1) is 21.0. The van der Waals surface area contributed by atoms with Crippen LogP contribution in [0.2, 0.25) is 0 Å². The molecule has 0 unspecified atom stereocenters. The van der Waals surface area contributed by atoms with Crippen LogP contribution in [0.3, 0.4) is 0 Å². The Kier molecular flexibility index (Phi) is 6.59. The van der Waals surface area contributed by atoms with Gasteiger partial charge in [0.05, 0.1) is 9.80 Å². The Balaban J connectivity index is 1.98. The molecule has 0 N–H and O–H groups in total. The lowest BCUT2D eigenvalue weighted by molar-refractivity contribution is -0.121. The van der Waals surface area contributed by atoms with Gasteiger partial charge in [0.1, 0.15) is 0 Å². The molecule has 0 aromatic heterocycles. The van der Waals surface area contributed by atoms with Gasteiger partial charge in [-0.3, -0.25) is 9.69 Å². The largest absolute Gasteiger partial charge is 0.284 e. The number of hydrogen-bond donors (Lipinski definition) is 0. The highest BCUT2D eigenvalue weighted by molar-refractivity contribution is 9.10. The van der Waals surface area contributed by atoms with Crippen LogP contribution in [-0.4, -0.2) is 30.9 Å². The minimum Gasteiger partial charge on any atom is -0.282 e. The topological polar surface area (TPSA) is 66.8 Å². The molecule has 9 heteroatoms. The summed E-state index contributed by atoms with van der Waals surface area (Å²) in [6.45, 7) is 3.80. The molecule has 0 saturated carbocycles. The van der Waals surface area contributed by atoms with Crippen molar-refractivity contribution in [2.45, 2.75) is 4.90 Å². The monoisotopic (exact) mass is 540 g/mol. The van der Waals surface area contributed by atoms with E-state index >= 15 is 0 Å². The predicted octanol–water partition coefficient (Wildman–Crippen LogP) is 5.06. The van der Waals surface area contributed by atoms with Gasteiger partial charge in [-0.2, -0.15) is 8.42 Å². The number of sulfonamides is 1. The van der Waals surface area contributed by atoms with Crippen molar-refractivity contribution in [3.63, 3.8) is 0 Å². The first-order valence-electron chi connectivity index (χ1n) is 7.98. The van der Waals surface area contributed by atoms with Crippen LogP contribution in [-0.2, 0) is 14.8 Å². The number of amidine groups is 1. The number of nitrogens with zero attached hydrogens (tertiary/aromatic N) is 2. The zero-order valence-corrected chi connectivity index (χ0v) is 19.2. The zero-order valence-electron chi connectivity index (χ0n) is 14.4. The molecule has 0 spiro atoms. The second-order valence-corrected chi connectivity index (χ2v) is 10.1. The minimum absolute atomic E-state index is 0.0557. The maximum Gasteiger partial charge on any atom is 0.284 e. The summed E-state index contributed by atoms with van der Waals surface area (Å²) in [7, 11) is -3.95. The van der Waals surface area contributed by atoms with Crippen LogP contribution in [0.15, 0.2) is 84.3 Å². The van der Waals surface area contributed by atoms with Crippen molar-refractivity contribution >= 4 is 70.8 Å². The Morgan fingerprint density at radius 1 is 1.04 bits per heavy atom. The fourth-order valence-corrected chi connectivity index (χ4v) is 5.06. The van der Waals surface area contributed by atoms with Gasteiger partial charge in [0.15, 0.2) is 5.17 Å². The second-order valence-electron chi connectivity index (χ2n) is 5.67. The third-order valence-electron chi connectivity index (χ3n) is 3.68. The molecule has 0 bridgehead atoms. The van der Waals surface area contributed by atoms with Gasteiger partial charge in [-0.25, -0.2) is 0 Å². The Bertz CT molecular complexity index is 1080. The van der Waals surface area contributed by atoms with E-state index in [1.807, 2.05) is 24.3 Å². The lowest BCUT2D eigenvalue weighted by Gasteiger charge is -2.12. The van der Waals surface area contributed by atoms with Crippen LogP contribution in [0, 0.1) is 0 Å². The number of rotatable bonds is 5. The van der Waals surface area contributed by atoms with Crippen molar-refractivity contribution in [1.82, 2.24) is 4.90 Å². The predicted molar refractivity (Wildman–Crippen MR) is 120 cm³/mol. The molecule has 5 nitrogen and oxygen atoms in total. The summed E-state index contributed by atoms with van der Waals surface area (Å²) >= 11 is 7.67. The van der Waals surface area contributed by atoms with Crippen molar-refractivity contribution in [3.8, 4) is 0 Å². The molecule has 1 aliphatic rings. The number of benzene rings is 2. The molecule has 0 aliphatic carbocycles. The molecule has 1 aliphatic heterocycles. The third kappa shape index (κ3) is 4.83. The van der Waals surface area contributed by atoms with Crippen molar-refractivity contribution in [1.29, 1.82) is 0 Å². The lowest BCUT2D eigenvalue weighted by Crippen LogP contribution is -2.29. The normalized spacial score (nSPS) is 17.5. The number of amides is 1. The summed E-state index contributed by atoms with van der Waals surface area (Å²) in [5.74, 6) is -0.308. The summed E-state index contributed by atoms with van der Waals surface area (Å²) in [5, 5.41) is 0.108. The Morgan fingerprint density at radius 2 is 1.61 bits per heavy atom. The maximum atomic E-state index is 12.7. The summed E-state index contributed by atoms with van der Waals surface area (Å²) < 4.78 is 30.9. The van der Waals surface area contributed by atoms with Gasteiger partial charge >= 0.3 is 0 Å². The highest BCUT2D eigenvalue weighted by Crippen LogP contribution is 2.34. The van der Waals surface area contributed by atoms with Crippen LogP contribution < -0.4 is 0 Å². The van der Waals surface area contributed by atoms with Crippen molar-refractivity contribution in [3.05, 3.63) is 80.6 Å². The smallest absolute Gasteiger partial charge is 0.282 e. The van der Waals surface area contributed by atoms with E-state index in [-0.39, 0.29) is 22.5 Å². The lowest BCUT2D eigenvalue weighted by atomic mass is 10.2. The molecule has 1 heterocycles. The van der Waals surface area contributed by atoms with Gasteiger partial charge in [0, 0.05) is 15.5 Å². The molecular formula is C19H14Br2N2O3S2. The summed E-state index contributed by atoms with van der Waals surface area (Å²) in [6.07, 6.45) is 3.24. The van der Waals surface area contributed by atoms with E-state index in [2.05, 4.69) is 42.8 Å². The molecular weight excluding hydrogens is 528 g/mol. The van der Waals surface area contributed by atoms with Crippen molar-refractivity contribution in [2.24, 2.45) is 4.40 Å². The van der Waals surface area contributed by atoms with Gasteiger partial charge in [0.25, 0.3) is 15.9 Å². The molecule has 2 aromatic rings. The first-order valence-corrected chi connectivity index (χ1v) is 11.8. The first-order chi connectivity index (χ1) is 13.3. The van der Waals surface area contributed by atoms with E-state index in [0.717, 1.165) is 26.3 Å². The number of carbonyl (C=O) groups is 1. The average Bonchev–Trinajstić information content (AvgIpc) is 2.92. The highest BCUT2D eigenvalue weighted by Gasteiger charge is 2.34. The molecule has 144 valence electrons. The number of thioether (sulfide) groups is 1. The van der Waals surface area contributed by atoms with E-state index in [1.54, 1.807) is 18.2 Å². The SMILES string of the molecule is C=CCN1C(=O)C(=Cc2ccc(Br)cc2)SC1=NS(=O)(=O)c1ccc(Br)cc1. The zero-order chi connectivity index (χ0) is 20.3. The van der Waals surface area contributed by atoms with Gasteiger partial charge in [-0.15, -0.1) is 11.0 Å². The van der Waals surface area contributed by atoms with Crippen molar-refractivity contribution < 1.29 is 13.2 Å². The fourth-order valence-electron chi connectivity index (χ4n) is 2.34. The van der Waals surface area contributed by atoms with Crippen LogP contribution in [0.5, 0.6) is 0 Å². The van der Waals surface area contributed by atoms with Crippen LogP contribution >= 0.6 is 43.6 Å². The molecule has 3 rings (SSSR count). The molecule has 1 amide bonds. The highest BCUT2D eigenvalue weighted by atomic mass is 79.9. The van der Waals surface area contributed by atoms with Gasteiger partial charge in [-0.1, -0.05) is 50.1 Å². The van der Waals surface area contributed by atoms with E-state index in [1.165, 1.54) is 23.1 Å². The van der Waals surface area contributed by atoms with E-state index in [4.69, 9.17) is 0 Å². The van der Waals surface area contributed by atoms with Crippen LogP contribution in [0.4, 0.5) is 0 Å². The average molecular weight is 542 g/mol. The molecule has 0 radical (unpaired) electrons. The Hall–Kier alpha value is -1.68.